The van der Waals surface area contributed by atoms with Gasteiger partial charge in [-0.15, -0.1) is 0 Å². The van der Waals surface area contributed by atoms with Crippen LogP contribution in [0.15, 0.2) is 224 Å². The van der Waals surface area contributed by atoms with E-state index < -0.39 is 0 Å². The van der Waals surface area contributed by atoms with Gasteiger partial charge in [-0.3, -0.25) is 0 Å². The largest absolute Gasteiger partial charge is 0.337 e. The van der Waals surface area contributed by atoms with Gasteiger partial charge in [0.2, 0.25) is 0 Å². The van der Waals surface area contributed by atoms with E-state index in [0.29, 0.717) is 0 Å². The van der Waals surface area contributed by atoms with Gasteiger partial charge in [0.05, 0.1) is 11.7 Å². The van der Waals surface area contributed by atoms with E-state index in [4.69, 9.17) is 4.98 Å². The number of allylic oxidation sites excluding steroid dienone is 8. The normalized spacial score (nSPS) is 19.0. The van der Waals surface area contributed by atoms with Gasteiger partial charge in [0.25, 0.3) is 0 Å². The van der Waals surface area contributed by atoms with E-state index in [1.807, 2.05) is 18.3 Å². The van der Waals surface area contributed by atoms with Gasteiger partial charge in [0.1, 0.15) is 0 Å². The molecular weight excluding hydrogens is 791 g/mol. The molecule has 322 valence electrons. The average molecular weight is 848 g/mol. The van der Waals surface area contributed by atoms with Crippen LogP contribution < -0.4 is 19.6 Å². The van der Waals surface area contributed by atoms with E-state index >= 15 is 0 Å². The molecule has 0 N–H and O–H groups in total. The SMILES string of the molecule is C=C/C=C(\C=C1/Cc2ccccc2C1(C)C)N(c1ccc(/C(C=C)=C/CCC)cc1)c1ccc(N2CCN(C3=CC4c5ccccc5N(c5ccccc5)C4C=C3)c3ncccc32)cc1. The summed E-state index contributed by atoms with van der Waals surface area (Å²) < 4.78 is 0. The third-order valence-electron chi connectivity index (χ3n) is 13.7. The van der Waals surface area contributed by atoms with Crippen molar-refractivity contribution in [1.29, 1.82) is 0 Å². The Bertz CT molecular complexity index is 2890. The molecule has 5 aromatic carbocycles. The monoisotopic (exact) mass is 847 g/mol. The number of unbranched alkanes of at least 4 members (excludes halogenated alkanes) is 1. The van der Waals surface area contributed by atoms with Crippen molar-refractivity contribution < 1.29 is 0 Å². The fraction of sp³-hybridized carbons (Fsp3) is 0.183. The van der Waals surface area contributed by atoms with Gasteiger partial charge in [0.15, 0.2) is 5.82 Å². The van der Waals surface area contributed by atoms with Crippen molar-refractivity contribution in [2.45, 2.75) is 57.4 Å². The summed E-state index contributed by atoms with van der Waals surface area (Å²) in [6, 6.07) is 50.9. The highest BCUT2D eigenvalue weighted by Gasteiger charge is 2.40. The zero-order chi connectivity index (χ0) is 44.5. The molecule has 2 aliphatic heterocycles. The Morgan fingerprint density at radius 3 is 2.23 bits per heavy atom. The number of pyridine rings is 1. The number of hydrogen-bond donors (Lipinski definition) is 0. The third-order valence-corrected chi connectivity index (χ3v) is 13.7. The smallest absolute Gasteiger partial charge is 0.157 e. The molecule has 6 aromatic rings. The van der Waals surface area contributed by atoms with Crippen LogP contribution in [0, 0.1) is 0 Å². The van der Waals surface area contributed by atoms with Crippen molar-refractivity contribution in [3.8, 4) is 0 Å². The first-order valence-electron chi connectivity index (χ1n) is 23.2. The predicted molar refractivity (Wildman–Crippen MR) is 275 cm³/mol. The second-order valence-corrected chi connectivity index (χ2v) is 17.9. The fourth-order valence-corrected chi connectivity index (χ4v) is 10.4. The minimum Gasteiger partial charge on any atom is -0.337 e. The first kappa shape index (κ1) is 41.6. The van der Waals surface area contributed by atoms with Crippen LogP contribution in [-0.4, -0.2) is 24.1 Å². The molecule has 65 heavy (non-hydrogen) atoms. The maximum absolute atomic E-state index is 5.05. The molecule has 0 amide bonds. The van der Waals surface area contributed by atoms with Crippen LogP contribution in [0.25, 0.3) is 5.57 Å². The zero-order valence-corrected chi connectivity index (χ0v) is 37.8. The van der Waals surface area contributed by atoms with Crippen molar-refractivity contribution >= 4 is 45.5 Å². The first-order valence-corrected chi connectivity index (χ1v) is 23.2. The van der Waals surface area contributed by atoms with Crippen LogP contribution >= 0.6 is 0 Å². The van der Waals surface area contributed by atoms with Gasteiger partial charge in [-0.25, -0.2) is 4.98 Å². The maximum Gasteiger partial charge on any atom is 0.157 e. The van der Waals surface area contributed by atoms with E-state index in [2.05, 4.69) is 230 Å². The molecule has 2 atom stereocenters. The lowest BCUT2D eigenvalue weighted by Gasteiger charge is -2.40. The van der Waals surface area contributed by atoms with Gasteiger partial charge < -0.3 is 19.6 Å². The Morgan fingerprint density at radius 1 is 0.769 bits per heavy atom. The number of fused-ring (bicyclic) bond motifs is 5. The van der Waals surface area contributed by atoms with Crippen LogP contribution in [0.4, 0.5) is 39.9 Å². The Morgan fingerprint density at radius 2 is 1.48 bits per heavy atom. The number of hydrogen-bond acceptors (Lipinski definition) is 5. The van der Waals surface area contributed by atoms with Crippen molar-refractivity contribution in [3.63, 3.8) is 0 Å². The summed E-state index contributed by atoms with van der Waals surface area (Å²) in [5.41, 5.74) is 16.9. The fourth-order valence-electron chi connectivity index (χ4n) is 10.4. The number of para-hydroxylation sites is 2. The van der Waals surface area contributed by atoms with Crippen LogP contribution in [0.1, 0.15) is 61.8 Å². The van der Waals surface area contributed by atoms with Crippen molar-refractivity contribution in [2.24, 2.45) is 0 Å². The second-order valence-electron chi connectivity index (χ2n) is 17.9. The summed E-state index contributed by atoms with van der Waals surface area (Å²) in [6.45, 7) is 16.9. The lowest BCUT2D eigenvalue weighted by Crippen LogP contribution is -2.40. The quantitative estimate of drug-likeness (QED) is 0.114. The molecule has 0 saturated heterocycles. The molecule has 0 saturated carbocycles. The van der Waals surface area contributed by atoms with Crippen LogP contribution in [0.2, 0.25) is 0 Å². The lowest BCUT2D eigenvalue weighted by molar-refractivity contribution is 0.643. The number of anilines is 7. The molecule has 0 spiro atoms. The van der Waals surface area contributed by atoms with E-state index in [9.17, 15) is 0 Å². The summed E-state index contributed by atoms with van der Waals surface area (Å²) in [6.07, 6.45) is 22.8. The molecule has 3 heterocycles. The van der Waals surface area contributed by atoms with Gasteiger partial charge in [0, 0.05) is 70.5 Å². The van der Waals surface area contributed by atoms with Gasteiger partial charge in [-0.2, -0.15) is 0 Å². The summed E-state index contributed by atoms with van der Waals surface area (Å²) in [7, 11) is 0. The Kier molecular flexibility index (Phi) is 11.3. The zero-order valence-electron chi connectivity index (χ0n) is 37.8. The number of benzene rings is 5. The van der Waals surface area contributed by atoms with Gasteiger partial charge >= 0.3 is 0 Å². The molecular formula is C60H57N5. The summed E-state index contributed by atoms with van der Waals surface area (Å²) in [5.74, 6) is 1.20. The van der Waals surface area contributed by atoms with Crippen molar-refractivity contribution in [3.05, 3.63) is 247 Å². The van der Waals surface area contributed by atoms with Crippen molar-refractivity contribution in [2.75, 3.05) is 32.7 Å². The van der Waals surface area contributed by atoms with Gasteiger partial charge in [-0.1, -0.05) is 149 Å². The number of aromatic nitrogens is 1. The third kappa shape index (κ3) is 7.65. The predicted octanol–water partition coefficient (Wildman–Crippen LogP) is 14.8. The molecule has 10 rings (SSSR count). The molecule has 5 nitrogen and oxygen atoms in total. The Hall–Kier alpha value is -7.37. The molecule has 0 bridgehead atoms. The Balaban J connectivity index is 0.976. The highest BCUT2D eigenvalue weighted by Crippen LogP contribution is 2.50. The van der Waals surface area contributed by atoms with Crippen LogP contribution in [-0.2, 0) is 11.8 Å². The molecule has 5 heteroatoms. The topological polar surface area (TPSA) is 25.9 Å². The molecule has 2 unspecified atom stereocenters. The minimum absolute atomic E-state index is 0.0992. The van der Waals surface area contributed by atoms with Crippen molar-refractivity contribution in [1.82, 2.24) is 4.98 Å². The Labute approximate surface area is 385 Å². The minimum atomic E-state index is -0.0992. The standard InChI is InChI=1S/C60H57N5/c1-6-9-19-43(8-3)44-27-29-49(30-28-44)64(52(18-7-2)41-46-40-45-20-13-15-24-55(45)60(46,4)5)50-33-31-47(32-34-50)62-38-39-63(59-58(62)26-17-37-61-59)51-35-36-57-54(42-51)53-23-14-16-25-56(53)65(57)48-21-11-10-12-22-48/h7-8,10-37,41-42,54,57H,2-3,6,9,38-40H2,1,4-5H3/b43-19+,46-41+,52-18+. The lowest BCUT2D eigenvalue weighted by atomic mass is 9.82. The second kappa shape index (κ2) is 17.7. The van der Waals surface area contributed by atoms with E-state index in [1.54, 1.807) is 0 Å². The molecule has 2 aliphatic carbocycles. The number of nitrogens with zero attached hydrogens (tertiary/aromatic N) is 5. The van der Waals surface area contributed by atoms with E-state index in [1.165, 1.54) is 44.9 Å². The molecule has 0 fully saturated rings. The van der Waals surface area contributed by atoms with Crippen LogP contribution in [0.5, 0.6) is 0 Å². The van der Waals surface area contributed by atoms with Crippen LogP contribution in [0.3, 0.4) is 0 Å². The maximum atomic E-state index is 5.05. The van der Waals surface area contributed by atoms with Gasteiger partial charge in [-0.05, 0) is 126 Å². The highest BCUT2D eigenvalue weighted by atomic mass is 15.3. The highest BCUT2D eigenvalue weighted by molar-refractivity contribution is 5.82. The average Bonchev–Trinajstić information content (AvgIpc) is 3.81. The summed E-state index contributed by atoms with van der Waals surface area (Å²) in [5, 5.41) is 0. The van der Waals surface area contributed by atoms with E-state index in [0.717, 1.165) is 72.2 Å². The number of rotatable bonds is 12. The first-order chi connectivity index (χ1) is 31.9. The summed E-state index contributed by atoms with van der Waals surface area (Å²) in [4.78, 5) is 14.7. The van der Waals surface area contributed by atoms with E-state index in [-0.39, 0.29) is 17.4 Å². The summed E-state index contributed by atoms with van der Waals surface area (Å²) >= 11 is 0. The molecule has 1 aromatic heterocycles. The molecule has 0 radical (unpaired) electrons. The molecule has 4 aliphatic rings.